The highest BCUT2D eigenvalue weighted by molar-refractivity contribution is 6.31. The molecule has 1 heterocycles. The Morgan fingerprint density at radius 1 is 1.33 bits per heavy atom. The van der Waals surface area contributed by atoms with E-state index in [2.05, 4.69) is 54.2 Å². The third kappa shape index (κ3) is 3.68. The molecule has 0 aliphatic heterocycles. The van der Waals surface area contributed by atoms with Gasteiger partial charge in [-0.05, 0) is 51.5 Å². The Bertz CT molecular complexity index is 471. The van der Waals surface area contributed by atoms with Gasteiger partial charge in [-0.2, -0.15) is 0 Å². The molecule has 0 radical (unpaired) electrons. The number of rotatable bonds is 7. The zero-order valence-electron chi connectivity index (χ0n) is 13.6. The molecule has 21 heavy (non-hydrogen) atoms. The fraction of sp³-hybridized carbons (Fsp3) is 0.688. The molecule has 1 fully saturated rings. The lowest BCUT2D eigenvalue weighted by atomic mass is 9.75. The van der Waals surface area contributed by atoms with E-state index in [0.717, 1.165) is 36.0 Å². The van der Waals surface area contributed by atoms with Crippen molar-refractivity contribution in [1.29, 1.82) is 0 Å². The van der Waals surface area contributed by atoms with Crippen molar-refractivity contribution in [1.82, 2.24) is 15.2 Å². The van der Waals surface area contributed by atoms with Crippen LogP contribution in [0.5, 0.6) is 0 Å². The smallest absolute Gasteiger partial charge is 0.128 e. The van der Waals surface area contributed by atoms with Gasteiger partial charge in [0.05, 0.1) is 5.02 Å². The van der Waals surface area contributed by atoms with Gasteiger partial charge in [-0.1, -0.05) is 18.5 Å². The Kier molecular flexibility index (Phi) is 5.47. The lowest BCUT2D eigenvalue weighted by molar-refractivity contribution is 0.0682. The molecule has 5 heteroatoms. The Balaban J connectivity index is 2.10. The van der Waals surface area contributed by atoms with Crippen molar-refractivity contribution in [2.45, 2.75) is 38.3 Å². The average Bonchev–Trinajstić information content (AvgIpc) is 2.41. The second-order valence-corrected chi connectivity index (χ2v) is 6.65. The van der Waals surface area contributed by atoms with Crippen molar-refractivity contribution >= 4 is 17.4 Å². The number of nitrogens with zero attached hydrogens (tertiary/aromatic N) is 3. The molecule has 1 N–H and O–H groups in total. The third-order valence-corrected chi connectivity index (χ3v) is 4.98. The first-order valence-electron chi connectivity index (χ1n) is 7.72. The van der Waals surface area contributed by atoms with Gasteiger partial charge >= 0.3 is 0 Å². The predicted octanol–water partition coefficient (Wildman–Crippen LogP) is 2.77. The van der Waals surface area contributed by atoms with Crippen LogP contribution in [-0.4, -0.2) is 49.7 Å². The van der Waals surface area contributed by atoms with E-state index >= 15 is 0 Å². The van der Waals surface area contributed by atoms with Gasteiger partial charge in [0.25, 0.3) is 0 Å². The Labute approximate surface area is 133 Å². The molecule has 0 spiro atoms. The summed E-state index contributed by atoms with van der Waals surface area (Å²) in [7, 11) is 6.48. The molecule has 0 atom stereocenters. The van der Waals surface area contributed by atoms with Crippen molar-refractivity contribution < 1.29 is 0 Å². The van der Waals surface area contributed by atoms with Gasteiger partial charge < -0.3 is 15.1 Å². The molecule has 0 aromatic carbocycles. The van der Waals surface area contributed by atoms with Crippen LogP contribution in [-0.2, 0) is 6.54 Å². The molecule has 0 amide bonds. The summed E-state index contributed by atoms with van der Waals surface area (Å²) in [5.74, 6) is 1.00. The first-order chi connectivity index (χ1) is 9.98. The predicted molar refractivity (Wildman–Crippen MR) is 90.2 cm³/mol. The number of halogens is 1. The summed E-state index contributed by atoms with van der Waals surface area (Å²) in [4.78, 5) is 9.11. The van der Waals surface area contributed by atoms with Gasteiger partial charge in [0, 0.05) is 31.9 Å². The van der Waals surface area contributed by atoms with Crippen molar-refractivity contribution in [3.05, 3.63) is 22.8 Å². The van der Waals surface area contributed by atoms with Crippen molar-refractivity contribution in [2.24, 2.45) is 0 Å². The van der Waals surface area contributed by atoms with Gasteiger partial charge in [-0.15, -0.1) is 0 Å². The normalized spacial score (nSPS) is 16.9. The van der Waals surface area contributed by atoms with Crippen LogP contribution >= 0.6 is 11.6 Å². The van der Waals surface area contributed by atoms with E-state index in [9.17, 15) is 0 Å². The third-order valence-electron chi connectivity index (χ3n) is 4.64. The molecule has 1 aromatic heterocycles. The molecule has 0 unspecified atom stereocenters. The average molecular weight is 311 g/mol. The SMILES string of the molecule is CCNCc1cc(N(C)CC2(N(C)C)CCC2)ncc1Cl. The molecule has 1 aliphatic rings. The molecule has 4 nitrogen and oxygen atoms in total. The molecule has 0 bridgehead atoms. The van der Waals surface area contributed by atoms with E-state index in [1.165, 1.54) is 19.3 Å². The largest absolute Gasteiger partial charge is 0.358 e. The number of anilines is 1. The highest BCUT2D eigenvalue weighted by Crippen LogP contribution is 2.37. The molecular formula is C16H27ClN4. The van der Waals surface area contributed by atoms with E-state index in [1.807, 2.05) is 0 Å². The van der Waals surface area contributed by atoms with Crippen molar-refractivity contribution in [2.75, 3.05) is 39.1 Å². The first kappa shape index (κ1) is 16.5. The molecule has 2 rings (SSSR count). The van der Waals surface area contributed by atoms with E-state index in [0.29, 0.717) is 5.54 Å². The molecule has 118 valence electrons. The number of likely N-dealkylation sites (N-methyl/N-ethyl adjacent to an activating group) is 2. The van der Waals surface area contributed by atoms with E-state index < -0.39 is 0 Å². The summed E-state index contributed by atoms with van der Waals surface area (Å²) in [6.45, 7) is 4.83. The highest BCUT2D eigenvalue weighted by atomic mass is 35.5. The van der Waals surface area contributed by atoms with Crippen LogP contribution < -0.4 is 10.2 Å². The van der Waals surface area contributed by atoms with Crippen LogP contribution in [0, 0.1) is 0 Å². The van der Waals surface area contributed by atoms with Crippen LogP contribution in [0.2, 0.25) is 5.02 Å². The summed E-state index contributed by atoms with van der Waals surface area (Å²) in [6, 6.07) is 2.10. The first-order valence-corrected chi connectivity index (χ1v) is 8.10. The fourth-order valence-corrected chi connectivity index (χ4v) is 3.10. The van der Waals surface area contributed by atoms with Gasteiger partial charge in [-0.3, -0.25) is 0 Å². The maximum absolute atomic E-state index is 6.23. The maximum atomic E-state index is 6.23. The number of pyridine rings is 1. The quantitative estimate of drug-likeness (QED) is 0.839. The van der Waals surface area contributed by atoms with Gasteiger partial charge in [0.1, 0.15) is 5.82 Å². The monoisotopic (exact) mass is 310 g/mol. The van der Waals surface area contributed by atoms with Crippen molar-refractivity contribution in [3.8, 4) is 0 Å². The zero-order valence-corrected chi connectivity index (χ0v) is 14.4. The Hall–Kier alpha value is -0.840. The second-order valence-electron chi connectivity index (χ2n) is 6.24. The number of hydrogen-bond donors (Lipinski definition) is 1. The minimum Gasteiger partial charge on any atom is -0.358 e. The molecular weight excluding hydrogens is 284 g/mol. The summed E-state index contributed by atoms with van der Waals surface area (Å²) in [6.07, 6.45) is 5.62. The van der Waals surface area contributed by atoms with E-state index in [1.54, 1.807) is 6.20 Å². The molecule has 0 saturated heterocycles. The molecule has 1 saturated carbocycles. The van der Waals surface area contributed by atoms with Crippen molar-refractivity contribution in [3.63, 3.8) is 0 Å². The second kappa shape index (κ2) is 6.95. The number of nitrogens with one attached hydrogen (secondary N) is 1. The standard InChI is InChI=1S/C16H27ClN4/c1-5-18-10-13-9-15(19-11-14(13)17)21(4)12-16(20(2)3)7-6-8-16/h9,11,18H,5-8,10,12H2,1-4H3. The fourth-order valence-electron chi connectivity index (χ4n) is 2.93. The highest BCUT2D eigenvalue weighted by Gasteiger charge is 2.40. The van der Waals surface area contributed by atoms with Gasteiger partial charge in [0.2, 0.25) is 0 Å². The van der Waals surface area contributed by atoms with Crippen LogP contribution in [0.4, 0.5) is 5.82 Å². The van der Waals surface area contributed by atoms with Gasteiger partial charge in [0.15, 0.2) is 0 Å². The lowest BCUT2D eigenvalue weighted by Gasteiger charge is -2.49. The molecule has 1 aliphatic carbocycles. The Morgan fingerprint density at radius 2 is 2.05 bits per heavy atom. The Morgan fingerprint density at radius 3 is 2.57 bits per heavy atom. The van der Waals surface area contributed by atoms with E-state index in [-0.39, 0.29) is 0 Å². The summed E-state index contributed by atoms with van der Waals surface area (Å²) < 4.78 is 0. The minimum atomic E-state index is 0.303. The van der Waals surface area contributed by atoms with Crippen LogP contribution in [0.1, 0.15) is 31.7 Å². The minimum absolute atomic E-state index is 0.303. The van der Waals surface area contributed by atoms with Crippen LogP contribution in [0.25, 0.3) is 0 Å². The lowest BCUT2D eigenvalue weighted by Crippen LogP contribution is -2.56. The zero-order chi connectivity index (χ0) is 15.5. The molecule has 1 aromatic rings. The summed E-state index contributed by atoms with van der Waals surface area (Å²) in [5.41, 5.74) is 1.42. The maximum Gasteiger partial charge on any atom is 0.128 e. The van der Waals surface area contributed by atoms with Crippen LogP contribution in [0.15, 0.2) is 12.3 Å². The topological polar surface area (TPSA) is 31.4 Å². The van der Waals surface area contributed by atoms with Crippen LogP contribution in [0.3, 0.4) is 0 Å². The number of aromatic nitrogens is 1. The summed E-state index contributed by atoms with van der Waals surface area (Å²) in [5, 5.41) is 4.06. The van der Waals surface area contributed by atoms with Gasteiger partial charge in [-0.25, -0.2) is 4.98 Å². The van der Waals surface area contributed by atoms with E-state index in [4.69, 9.17) is 11.6 Å². The summed E-state index contributed by atoms with van der Waals surface area (Å²) >= 11 is 6.23. The number of hydrogen-bond acceptors (Lipinski definition) is 4.